The van der Waals surface area contributed by atoms with Gasteiger partial charge in [0.25, 0.3) is 0 Å². The number of anilines is 1. The van der Waals surface area contributed by atoms with Crippen LogP contribution in [0.4, 0.5) is 5.69 Å². The molecule has 0 saturated heterocycles. The maximum Gasteiger partial charge on any atom is 0.160 e. The normalized spacial score (nSPS) is 21.8. The van der Waals surface area contributed by atoms with Crippen molar-refractivity contribution in [2.45, 2.75) is 77.0 Å². The maximum atomic E-state index is 5.82. The van der Waals surface area contributed by atoms with Crippen molar-refractivity contribution in [1.29, 1.82) is 0 Å². The van der Waals surface area contributed by atoms with Gasteiger partial charge in [-0.15, -0.1) is 0 Å². The zero-order valence-corrected chi connectivity index (χ0v) is 15.0. The van der Waals surface area contributed by atoms with Crippen molar-refractivity contribution >= 4 is 22.4 Å². The number of oxime groups is 1. The first-order chi connectivity index (χ1) is 12.2. The van der Waals surface area contributed by atoms with Crippen LogP contribution in [0.3, 0.4) is 0 Å². The Bertz CT molecular complexity index is 860. The predicted molar refractivity (Wildman–Crippen MR) is 98.0 cm³/mol. The third-order valence-corrected chi connectivity index (χ3v) is 6.10. The molecule has 132 valence electrons. The second-order valence-electron chi connectivity index (χ2n) is 7.76. The van der Waals surface area contributed by atoms with Gasteiger partial charge >= 0.3 is 0 Å². The van der Waals surface area contributed by atoms with Gasteiger partial charge in [-0.1, -0.05) is 5.16 Å². The molecule has 2 saturated carbocycles. The highest BCUT2D eigenvalue weighted by Crippen LogP contribution is 2.44. The third-order valence-electron chi connectivity index (χ3n) is 6.10. The van der Waals surface area contributed by atoms with Gasteiger partial charge in [-0.05, 0) is 52.4 Å². The second-order valence-corrected chi connectivity index (χ2v) is 7.76. The summed E-state index contributed by atoms with van der Waals surface area (Å²) in [5.74, 6) is 0. The van der Waals surface area contributed by atoms with Gasteiger partial charge in [-0.3, -0.25) is 0 Å². The Hall–Kier alpha value is -2.11. The van der Waals surface area contributed by atoms with Crippen LogP contribution in [0, 0.1) is 6.92 Å². The van der Waals surface area contributed by atoms with Crippen LogP contribution in [-0.4, -0.2) is 32.1 Å². The van der Waals surface area contributed by atoms with E-state index in [0.717, 1.165) is 59.5 Å². The summed E-state index contributed by atoms with van der Waals surface area (Å²) >= 11 is 0. The SMILES string of the molecule is CCn1nc(C)c2c(NC3CCC3)c(C3=NOC4(CCC4)C3)cnc21. The van der Waals surface area contributed by atoms with E-state index in [1.54, 1.807) is 0 Å². The average molecular weight is 339 g/mol. The predicted octanol–water partition coefficient (Wildman–Crippen LogP) is 3.77. The summed E-state index contributed by atoms with van der Waals surface area (Å²) in [5, 5.41) is 14.1. The minimum atomic E-state index is -0.0271. The fraction of sp³-hybridized carbons (Fsp3) is 0.632. The van der Waals surface area contributed by atoms with Crippen molar-refractivity contribution < 1.29 is 4.84 Å². The Morgan fingerprint density at radius 3 is 2.76 bits per heavy atom. The third kappa shape index (κ3) is 2.26. The van der Waals surface area contributed by atoms with E-state index in [1.165, 1.54) is 25.7 Å². The molecule has 1 N–H and O–H groups in total. The van der Waals surface area contributed by atoms with Gasteiger partial charge in [-0.25, -0.2) is 9.67 Å². The summed E-state index contributed by atoms with van der Waals surface area (Å²) in [4.78, 5) is 10.6. The molecule has 1 aliphatic heterocycles. The zero-order valence-electron chi connectivity index (χ0n) is 15.0. The molecule has 2 aromatic rings. The molecule has 0 bridgehead atoms. The first kappa shape index (κ1) is 15.2. The number of aryl methyl sites for hydroxylation is 2. The van der Waals surface area contributed by atoms with Gasteiger partial charge in [0, 0.05) is 30.8 Å². The molecule has 0 amide bonds. The van der Waals surface area contributed by atoms with Gasteiger partial charge in [0.15, 0.2) is 5.65 Å². The molecule has 2 fully saturated rings. The molecular formula is C19H25N5O. The number of nitrogens with one attached hydrogen (secondary N) is 1. The minimum absolute atomic E-state index is 0.0271. The lowest BCUT2D eigenvalue weighted by atomic mass is 9.76. The van der Waals surface area contributed by atoms with Crippen molar-refractivity contribution in [2.24, 2.45) is 5.16 Å². The topological polar surface area (TPSA) is 64.3 Å². The molecular weight excluding hydrogens is 314 g/mol. The quantitative estimate of drug-likeness (QED) is 0.921. The number of rotatable bonds is 4. The highest BCUT2D eigenvalue weighted by molar-refractivity contribution is 6.11. The van der Waals surface area contributed by atoms with Gasteiger partial charge in [0.05, 0.1) is 22.5 Å². The molecule has 3 heterocycles. The summed E-state index contributed by atoms with van der Waals surface area (Å²) in [6.45, 7) is 5.01. The largest absolute Gasteiger partial charge is 0.389 e. The van der Waals surface area contributed by atoms with E-state index in [-0.39, 0.29) is 5.60 Å². The number of hydrogen-bond donors (Lipinski definition) is 1. The Morgan fingerprint density at radius 2 is 2.16 bits per heavy atom. The van der Waals surface area contributed by atoms with E-state index in [4.69, 9.17) is 9.82 Å². The second kappa shape index (κ2) is 5.44. The lowest BCUT2D eigenvalue weighted by Gasteiger charge is -2.34. The van der Waals surface area contributed by atoms with Crippen molar-refractivity contribution in [3.63, 3.8) is 0 Å². The van der Waals surface area contributed by atoms with Crippen molar-refractivity contribution in [3.8, 4) is 0 Å². The van der Waals surface area contributed by atoms with Crippen molar-refractivity contribution in [3.05, 3.63) is 17.5 Å². The molecule has 2 aliphatic carbocycles. The molecule has 25 heavy (non-hydrogen) atoms. The number of pyridine rings is 1. The van der Waals surface area contributed by atoms with Crippen LogP contribution < -0.4 is 5.32 Å². The summed E-state index contributed by atoms with van der Waals surface area (Å²) in [5.41, 5.74) is 5.27. The first-order valence-electron chi connectivity index (χ1n) is 9.57. The van der Waals surface area contributed by atoms with Crippen LogP contribution in [-0.2, 0) is 11.4 Å². The van der Waals surface area contributed by atoms with E-state index >= 15 is 0 Å². The van der Waals surface area contributed by atoms with Gasteiger partial charge in [-0.2, -0.15) is 5.10 Å². The van der Waals surface area contributed by atoms with Gasteiger partial charge in [0.1, 0.15) is 5.60 Å². The smallest absolute Gasteiger partial charge is 0.160 e. The molecule has 5 rings (SSSR count). The van der Waals surface area contributed by atoms with E-state index < -0.39 is 0 Å². The number of aromatic nitrogens is 3. The number of hydrogen-bond acceptors (Lipinski definition) is 5. The Balaban J connectivity index is 1.62. The molecule has 3 aliphatic rings. The fourth-order valence-corrected chi connectivity index (χ4v) is 4.17. The van der Waals surface area contributed by atoms with Gasteiger partial charge < -0.3 is 10.2 Å². The summed E-state index contributed by atoms with van der Waals surface area (Å²) < 4.78 is 1.99. The fourth-order valence-electron chi connectivity index (χ4n) is 4.17. The molecule has 0 aromatic carbocycles. The van der Waals surface area contributed by atoms with Crippen molar-refractivity contribution in [1.82, 2.24) is 14.8 Å². The molecule has 6 nitrogen and oxygen atoms in total. The molecule has 0 unspecified atom stereocenters. The first-order valence-corrected chi connectivity index (χ1v) is 9.57. The van der Waals surface area contributed by atoms with E-state index in [0.29, 0.717) is 6.04 Å². The monoisotopic (exact) mass is 339 g/mol. The lowest BCUT2D eigenvalue weighted by Crippen LogP contribution is -2.37. The Kier molecular flexibility index (Phi) is 3.30. The van der Waals surface area contributed by atoms with E-state index in [2.05, 4.69) is 29.4 Å². The molecule has 0 radical (unpaired) electrons. The summed E-state index contributed by atoms with van der Waals surface area (Å²) in [6.07, 6.45) is 10.1. The number of fused-ring (bicyclic) bond motifs is 1. The maximum absolute atomic E-state index is 5.82. The lowest BCUT2D eigenvalue weighted by molar-refractivity contribution is -0.0755. The molecule has 6 heteroatoms. The molecule has 2 aromatic heterocycles. The zero-order chi connectivity index (χ0) is 17.0. The van der Waals surface area contributed by atoms with Crippen LogP contribution in [0.1, 0.15) is 63.1 Å². The minimum Gasteiger partial charge on any atom is -0.389 e. The van der Waals surface area contributed by atoms with Gasteiger partial charge in [0.2, 0.25) is 0 Å². The standard InChI is InChI=1S/C19H25N5O/c1-3-24-18-16(12(2)22-24)17(21-13-6-4-7-13)14(11-20-18)15-10-19(25-23-15)8-5-9-19/h11,13H,3-10H2,1-2H3,(H,20,21). The van der Waals surface area contributed by atoms with Crippen molar-refractivity contribution in [2.75, 3.05) is 5.32 Å². The highest BCUT2D eigenvalue weighted by Gasteiger charge is 2.45. The van der Waals surface area contributed by atoms with Crippen LogP contribution in [0.5, 0.6) is 0 Å². The van der Waals surface area contributed by atoms with E-state index in [1.807, 2.05) is 10.9 Å². The average Bonchev–Trinajstić information content (AvgIpc) is 3.13. The Labute approximate surface area is 147 Å². The van der Waals surface area contributed by atoms with E-state index in [9.17, 15) is 0 Å². The number of nitrogens with zero attached hydrogens (tertiary/aromatic N) is 4. The van der Waals surface area contributed by atoms with Crippen LogP contribution >= 0.6 is 0 Å². The molecule has 0 atom stereocenters. The van der Waals surface area contributed by atoms with Crippen LogP contribution in [0.15, 0.2) is 11.4 Å². The van der Waals surface area contributed by atoms with Crippen LogP contribution in [0.25, 0.3) is 11.0 Å². The summed E-state index contributed by atoms with van der Waals surface area (Å²) in [6, 6.07) is 0.550. The summed E-state index contributed by atoms with van der Waals surface area (Å²) in [7, 11) is 0. The van der Waals surface area contributed by atoms with Crippen LogP contribution in [0.2, 0.25) is 0 Å². The molecule has 1 spiro atoms. The Morgan fingerprint density at radius 1 is 1.32 bits per heavy atom. The highest BCUT2D eigenvalue weighted by atomic mass is 16.7.